The van der Waals surface area contributed by atoms with E-state index in [1.54, 1.807) is 24.4 Å². The second-order valence-corrected chi connectivity index (χ2v) is 11.3. The van der Waals surface area contributed by atoms with Gasteiger partial charge in [0.25, 0.3) is 15.9 Å². The Morgan fingerprint density at radius 1 is 1.11 bits per heavy atom. The Morgan fingerprint density at radius 2 is 1.89 bits per heavy atom. The SMILES string of the molecule is CC(C)Oc1ccc(-c2ccc(C(=O)NS(=O)(=O)c3cccc(N)n3)c(N3CCC(C)C(C)C3)n2)cn1. The molecule has 0 aliphatic carbocycles. The normalized spacial score (nSPS) is 18.0. The summed E-state index contributed by atoms with van der Waals surface area (Å²) in [6.45, 7) is 9.62. The van der Waals surface area contributed by atoms with Crippen molar-refractivity contribution in [1.82, 2.24) is 19.7 Å². The quantitative estimate of drug-likeness (QED) is 0.475. The lowest BCUT2D eigenvalue weighted by Crippen LogP contribution is -2.40. The van der Waals surface area contributed by atoms with E-state index in [1.165, 1.54) is 18.2 Å². The maximum absolute atomic E-state index is 13.3. The molecule has 1 aliphatic heterocycles. The van der Waals surface area contributed by atoms with Crippen LogP contribution in [0.4, 0.5) is 11.6 Å². The van der Waals surface area contributed by atoms with Gasteiger partial charge < -0.3 is 15.4 Å². The molecule has 1 amide bonds. The highest BCUT2D eigenvalue weighted by Gasteiger charge is 2.29. The third kappa shape index (κ3) is 6.16. The topological polar surface area (TPSA) is 140 Å². The first-order valence-corrected chi connectivity index (χ1v) is 13.7. The molecular formula is C26H32N6O4S. The minimum atomic E-state index is -4.24. The van der Waals surface area contributed by atoms with Crippen LogP contribution in [0.25, 0.3) is 11.3 Å². The Bertz CT molecular complexity index is 1380. The summed E-state index contributed by atoms with van der Waals surface area (Å²) in [6, 6.07) is 11.1. The Balaban J connectivity index is 1.69. The van der Waals surface area contributed by atoms with Crippen molar-refractivity contribution in [1.29, 1.82) is 0 Å². The number of carbonyl (C=O) groups is 1. The molecule has 10 nitrogen and oxygen atoms in total. The third-order valence-electron chi connectivity index (χ3n) is 6.39. The van der Waals surface area contributed by atoms with Crippen LogP contribution in [-0.2, 0) is 10.0 Å². The standard InChI is InChI=1S/C26H32N6O4S/c1-16(2)36-23-11-8-19(14-28-23)21-10-9-20(25(29-21)32-13-12-17(3)18(4)15-32)26(33)31-37(34,35)24-7-5-6-22(27)30-24/h5-11,14,16-18H,12-13,15H2,1-4H3,(H2,27,30)(H,31,33). The molecule has 1 aliphatic rings. The minimum absolute atomic E-state index is 0.00293. The first-order valence-electron chi connectivity index (χ1n) is 12.2. The predicted molar refractivity (Wildman–Crippen MR) is 142 cm³/mol. The number of piperidine rings is 1. The van der Waals surface area contributed by atoms with E-state index in [-0.39, 0.29) is 22.5 Å². The molecule has 4 rings (SSSR count). The Kier molecular flexibility index (Phi) is 7.63. The summed E-state index contributed by atoms with van der Waals surface area (Å²) in [4.78, 5) is 28.3. The number of nitrogen functional groups attached to an aromatic ring is 1. The molecule has 3 aromatic heterocycles. The number of carbonyl (C=O) groups excluding carboxylic acids is 1. The number of anilines is 2. The van der Waals surface area contributed by atoms with E-state index >= 15 is 0 Å². The lowest BCUT2D eigenvalue weighted by Gasteiger charge is -2.36. The Hall–Kier alpha value is -3.73. The van der Waals surface area contributed by atoms with Crippen LogP contribution in [0.5, 0.6) is 5.88 Å². The van der Waals surface area contributed by atoms with Gasteiger partial charge in [-0.05, 0) is 62.4 Å². The molecule has 0 spiro atoms. The number of ether oxygens (including phenoxy) is 1. The van der Waals surface area contributed by atoms with Crippen molar-refractivity contribution in [3.63, 3.8) is 0 Å². The molecule has 0 bridgehead atoms. The van der Waals surface area contributed by atoms with E-state index in [0.717, 1.165) is 12.0 Å². The summed E-state index contributed by atoms with van der Waals surface area (Å²) in [6.07, 6.45) is 2.60. The second-order valence-electron chi connectivity index (χ2n) is 9.64. The fraction of sp³-hybridized carbons (Fsp3) is 0.385. The van der Waals surface area contributed by atoms with Gasteiger partial charge in [0.1, 0.15) is 11.6 Å². The molecule has 37 heavy (non-hydrogen) atoms. The van der Waals surface area contributed by atoms with Crippen LogP contribution in [0.2, 0.25) is 0 Å². The van der Waals surface area contributed by atoms with Crippen LogP contribution in [0.3, 0.4) is 0 Å². The van der Waals surface area contributed by atoms with Crippen molar-refractivity contribution >= 4 is 27.6 Å². The van der Waals surface area contributed by atoms with Gasteiger partial charge in [-0.15, -0.1) is 0 Å². The zero-order valence-corrected chi connectivity index (χ0v) is 22.2. The monoisotopic (exact) mass is 524 g/mol. The number of aromatic nitrogens is 3. The van der Waals surface area contributed by atoms with Gasteiger partial charge in [-0.25, -0.2) is 19.7 Å². The maximum atomic E-state index is 13.3. The van der Waals surface area contributed by atoms with E-state index in [0.29, 0.717) is 42.3 Å². The van der Waals surface area contributed by atoms with Crippen LogP contribution >= 0.6 is 0 Å². The first kappa shape index (κ1) is 26.3. The first-order chi connectivity index (χ1) is 17.5. The van der Waals surface area contributed by atoms with Crippen molar-refractivity contribution < 1.29 is 17.9 Å². The molecule has 3 aromatic rings. The van der Waals surface area contributed by atoms with Crippen LogP contribution in [0.1, 0.15) is 44.5 Å². The summed E-state index contributed by atoms with van der Waals surface area (Å²) in [5.41, 5.74) is 7.15. The minimum Gasteiger partial charge on any atom is -0.475 e. The van der Waals surface area contributed by atoms with E-state index in [2.05, 4.69) is 28.5 Å². The van der Waals surface area contributed by atoms with Gasteiger partial charge >= 0.3 is 0 Å². The van der Waals surface area contributed by atoms with Gasteiger partial charge in [0.2, 0.25) is 5.88 Å². The summed E-state index contributed by atoms with van der Waals surface area (Å²) in [5.74, 6) is 1.09. The van der Waals surface area contributed by atoms with E-state index < -0.39 is 15.9 Å². The number of hydrogen-bond donors (Lipinski definition) is 2. The number of nitrogens with zero attached hydrogens (tertiary/aromatic N) is 4. The summed E-state index contributed by atoms with van der Waals surface area (Å²) in [5, 5.41) is -0.331. The summed E-state index contributed by atoms with van der Waals surface area (Å²) < 4.78 is 33.4. The number of rotatable bonds is 7. The predicted octanol–water partition coefficient (Wildman–Crippen LogP) is 3.51. The molecule has 0 aromatic carbocycles. The molecule has 2 unspecified atom stereocenters. The molecule has 11 heteroatoms. The zero-order valence-electron chi connectivity index (χ0n) is 21.4. The van der Waals surface area contributed by atoms with E-state index in [1.807, 2.05) is 24.8 Å². The average Bonchev–Trinajstić information content (AvgIpc) is 2.85. The fourth-order valence-electron chi connectivity index (χ4n) is 4.14. The number of nitrogens with two attached hydrogens (primary N) is 1. The molecule has 196 valence electrons. The van der Waals surface area contributed by atoms with Gasteiger partial charge in [-0.1, -0.05) is 19.9 Å². The number of nitrogens with one attached hydrogen (secondary N) is 1. The van der Waals surface area contributed by atoms with Gasteiger partial charge in [0.05, 0.1) is 17.4 Å². The van der Waals surface area contributed by atoms with Crippen LogP contribution in [0.15, 0.2) is 53.7 Å². The highest BCUT2D eigenvalue weighted by atomic mass is 32.2. The Labute approximate surface area is 217 Å². The van der Waals surface area contributed by atoms with Gasteiger partial charge in [0, 0.05) is 30.9 Å². The lowest BCUT2D eigenvalue weighted by atomic mass is 9.88. The number of amides is 1. The fourth-order valence-corrected chi connectivity index (χ4v) is 5.08. The lowest BCUT2D eigenvalue weighted by molar-refractivity contribution is 0.0981. The van der Waals surface area contributed by atoms with Gasteiger partial charge in [0.15, 0.2) is 5.03 Å². The largest absolute Gasteiger partial charge is 0.475 e. The van der Waals surface area contributed by atoms with Crippen molar-refractivity contribution in [2.45, 2.75) is 45.2 Å². The molecule has 4 heterocycles. The highest BCUT2D eigenvalue weighted by Crippen LogP contribution is 2.31. The molecule has 1 fully saturated rings. The number of sulfonamides is 1. The maximum Gasteiger partial charge on any atom is 0.281 e. The zero-order chi connectivity index (χ0) is 26.7. The van der Waals surface area contributed by atoms with Gasteiger partial charge in [-0.2, -0.15) is 8.42 Å². The molecular weight excluding hydrogens is 492 g/mol. The highest BCUT2D eigenvalue weighted by molar-refractivity contribution is 7.90. The molecule has 3 N–H and O–H groups in total. The molecule has 0 saturated carbocycles. The number of hydrogen-bond acceptors (Lipinski definition) is 9. The van der Waals surface area contributed by atoms with Crippen molar-refractivity contribution in [2.24, 2.45) is 11.8 Å². The number of pyridine rings is 3. The van der Waals surface area contributed by atoms with Crippen LogP contribution in [-0.4, -0.2) is 48.5 Å². The van der Waals surface area contributed by atoms with E-state index in [4.69, 9.17) is 15.5 Å². The molecule has 2 atom stereocenters. The Morgan fingerprint density at radius 3 is 2.54 bits per heavy atom. The average molecular weight is 525 g/mol. The smallest absolute Gasteiger partial charge is 0.281 e. The molecule has 0 radical (unpaired) electrons. The van der Waals surface area contributed by atoms with Gasteiger partial charge in [-0.3, -0.25) is 4.79 Å². The molecule has 1 saturated heterocycles. The van der Waals surface area contributed by atoms with Crippen LogP contribution < -0.4 is 20.1 Å². The third-order valence-corrected chi connectivity index (χ3v) is 7.62. The summed E-state index contributed by atoms with van der Waals surface area (Å²) >= 11 is 0. The van der Waals surface area contributed by atoms with Crippen molar-refractivity contribution in [2.75, 3.05) is 23.7 Å². The second kappa shape index (κ2) is 10.7. The summed E-state index contributed by atoms with van der Waals surface area (Å²) in [7, 11) is -4.24. The van der Waals surface area contributed by atoms with Crippen molar-refractivity contribution in [3.8, 4) is 17.1 Å². The van der Waals surface area contributed by atoms with Crippen LogP contribution in [0, 0.1) is 11.8 Å². The van der Waals surface area contributed by atoms with Crippen molar-refractivity contribution in [3.05, 3.63) is 54.2 Å². The van der Waals surface area contributed by atoms with E-state index in [9.17, 15) is 13.2 Å².